The number of urea groups is 1. The third kappa shape index (κ3) is 3.53. The largest absolute Gasteiger partial charge is 0.369 e. The summed E-state index contributed by atoms with van der Waals surface area (Å²) in [6.45, 7) is 9.14. The quantitative estimate of drug-likeness (QED) is 0.728. The van der Waals surface area contributed by atoms with Gasteiger partial charge in [0.15, 0.2) is 0 Å². The van der Waals surface area contributed by atoms with Crippen molar-refractivity contribution in [3.63, 3.8) is 0 Å². The average molecular weight is 427 g/mol. The molecule has 1 heterocycles. The Morgan fingerprint density at radius 2 is 1.65 bits per heavy atom. The van der Waals surface area contributed by atoms with E-state index < -0.39 is 11.0 Å². The molecule has 0 aromatic heterocycles. The molecule has 1 saturated heterocycles. The fraction of sp³-hybridized carbons (Fsp3) is 0.680. The molecule has 0 unspecified atom stereocenters. The van der Waals surface area contributed by atoms with E-state index in [0.717, 1.165) is 32.2 Å². The Morgan fingerprint density at radius 1 is 1.06 bits per heavy atom. The summed E-state index contributed by atoms with van der Waals surface area (Å²) in [5.74, 6) is 0.221. The van der Waals surface area contributed by atoms with Crippen LogP contribution in [0.5, 0.6) is 0 Å². The topological polar surface area (TPSA) is 92.7 Å². The first-order valence-electron chi connectivity index (χ1n) is 11.7. The number of rotatable bonds is 6. The van der Waals surface area contributed by atoms with E-state index in [0.29, 0.717) is 12.5 Å². The molecule has 31 heavy (non-hydrogen) atoms. The third-order valence-corrected chi connectivity index (χ3v) is 8.47. The molecule has 3 fully saturated rings. The lowest BCUT2D eigenvalue weighted by Crippen LogP contribution is -2.63. The molecule has 3 amide bonds. The molecule has 0 radical (unpaired) electrons. The molecule has 4 rings (SSSR count). The van der Waals surface area contributed by atoms with Gasteiger partial charge in [0.05, 0.1) is 16.5 Å². The van der Waals surface area contributed by atoms with Gasteiger partial charge in [-0.05, 0) is 77.7 Å². The van der Waals surface area contributed by atoms with Crippen LogP contribution in [0.3, 0.4) is 0 Å². The van der Waals surface area contributed by atoms with Gasteiger partial charge in [-0.2, -0.15) is 0 Å². The van der Waals surface area contributed by atoms with Crippen LogP contribution in [0.2, 0.25) is 0 Å². The molecule has 3 aliphatic rings. The Hall–Kier alpha value is -2.08. The highest BCUT2D eigenvalue weighted by atomic mass is 16.2. The fourth-order valence-corrected chi connectivity index (χ4v) is 5.75. The highest BCUT2D eigenvalue weighted by molar-refractivity contribution is 5.84. The normalized spacial score (nSPS) is 30.8. The van der Waals surface area contributed by atoms with Crippen LogP contribution in [0.1, 0.15) is 71.8 Å². The van der Waals surface area contributed by atoms with Crippen molar-refractivity contribution in [1.82, 2.24) is 9.80 Å². The van der Waals surface area contributed by atoms with Crippen LogP contribution in [-0.4, -0.2) is 45.9 Å². The van der Waals surface area contributed by atoms with E-state index in [1.165, 1.54) is 18.4 Å². The first-order chi connectivity index (χ1) is 14.4. The number of nitrogens with zero attached hydrogens (tertiary/aromatic N) is 2. The zero-order chi connectivity index (χ0) is 22.7. The monoisotopic (exact) mass is 426 g/mol. The minimum absolute atomic E-state index is 0.0513. The Labute approximate surface area is 186 Å². The number of amides is 3. The molecular formula is C25H38N4O2. The molecule has 2 saturated carbocycles. The zero-order valence-electron chi connectivity index (χ0n) is 19.5. The number of hydrogen-bond donors (Lipinski definition) is 2. The number of benzene rings is 1. The van der Waals surface area contributed by atoms with Crippen LogP contribution < -0.4 is 11.5 Å². The summed E-state index contributed by atoms with van der Waals surface area (Å²) in [6.07, 6.45) is 5.77. The van der Waals surface area contributed by atoms with E-state index in [1.54, 1.807) is 0 Å². The second kappa shape index (κ2) is 7.22. The van der Waals surface area contributed by atoms with Crippen LogP contribution >= 0.6 is 0 Å². The van der Waals surface area contributed by atoms with Crippen molar-refractivity contribution in [2.75, 3.05) is 13.1 Å². The molecule has 1 aromatic carbocycles. The summed E-state index contributed by atoms with van der Waals surface area (Å²) < 4.78 is 0. The maximum atomic E-state index is 13.8. The van der Waals surface area contributed by atoms with Gasteiger partial charge < -0.3 is 21.3 Å². The van der Waals surface area contributed by atoms with Gasteiger partial charge >= 0.3 is 6.03 Å². The Morgan fingerprint density at radius 3 is 2.16 bits per heavy atom. The van der Waals surface area contributed by atoms with Gasteiger partial charge in [0.2, 0.25) is 5.91 Å². The van der Waals surface area contributed by atoms with E-state index >= 15 is 0 Å². The number of carbonyl (C=O) groups is 2. The molecule has 1 aromatic rings. The molecule has 0 atom stereocenters. The lowest BCUT2D eigenvalue weighted by Gasteiger charge is -2.53. The van der Waals surface area contributed by atoms with Crippen LogP contribution in [0.25, 0.3) is 0 Å². The fourth-order valence-electron chi connectivity index (χ4n) is 5.75. The molecule has 0 bridgehead atoms. The number of primary amides is 1. The number of nitrogens with two attached hydrogens (primary N) is 2. The van der Waals surface area contributed by atoms with Gasteiger partial charge in [0.1, 0.15) is 0 Å². The lowest BCUT2D eigenvalue weighted by atomic mass is 9.63. The maximum absolute atomic E-state index is 13.8. The van der Waals surface area contributed by atoms with Gasteiger partial charge in [0, 0.05) is 18.6 Å². The second-order valence-electron chi connectivity index (χ2n) is 11.3. The molecular weight excluding hydrogens is 388 g/mol. The summed E-state index contributed by atoms with van der Waals surface area (Å²) in [7, 11) is 0. The molecule has 170 valence electrons. The maximum Gasteiger partial charge on any atom is 0.321 e. The van der Waals surface area contributed by atoms with Crippen molar-refractivity contribution in [2.24, 2.45) is 22.8 Å². The van der Waals surface area contributed by atoms with Crippen molar-refractivity contribution in [2.45, 2.75) is 82.8 Å². The van der Waals surface area contributed by atoms with Crippen molar-refractivity contribution < 1.29 is 9.59 Å². The van der Waals surface area contributed by atoms with Crippen LogP contribution in [0.15, 0.2) is 30.3 Å². The summed E-state index contributed by atoms with van der Waals surface area (Å²) in [5, 5.41) is 0. The van der Waals surface area contributed by atoms with E-state index in [1.807, 2.05) is 36.9 Å². The molecule has 4 N–H and O–H groups in total. The standard InChI is InChI=1S/C25H38N4O2/c1-22(2,20(26)30)17-29-21(31)28(16-18-10-11-18)25(23(29,3)4)14-12-24(27,13-15-25)19-8-6-5-7-9-19/h5-9,18H,10-17,27H2,1-4H3,(H2,26,30). The van der Waals surface area contributed by atoms with Gasteiger partial charge in [-0.25, -0.2) is 4.79 Å². The first kappa shape index (κ1) is 22.1. The summed E-state index contributed by atoms with van der Waals surface area (Å²) in [5.41, 5.74) is 11.9. The Bertz CT molecular complexity index is 852. The Kier molecular flexibility index (Phi) is 5.16. The van der Waals surface area contributed by atoms with Crippen molar-refractivity contribution in [1.29, 1.82) is 0 Å². The SMILES string of the molecule is CC(C)(CN1C(=O)N(CC2CC2)C2(CCC(N)(c3ccccc3)CC2)C1(C)C)C(N)=O. The van der Waals surface area contributed by atoms with Crippen molar-refractivity contribution in [3.8, 4) is 0 Å². The van der Waals surface area contributed by atoms with Crippen LogP contribution in [0, 0.1) is 11.3 Å². The average Bonchev–Trinajstić information content (AvgIpc) is 3.53. The first-order valence-corrected chi connectivity index (χ1v) is 11.7. The van der Waals surface area contributed by atoms with E-state index in [4.69, 9.17) is 11.5 Å². The smallest absolute Gasteiger partial charge is 0.321 e. The minimum Gasteiger partial charge on any atom is -0.369 e. The summed E-state index contributed by atoms with van der Waals surface area (Å²) in [4.78, 5) is 29.9. The van der Waals surface area contributed by atoms with Crippen LogP contribution in [-0.2, 0) is 10.3 Å². The molecule has 6 heteroatoms. The number of hydrogen-bond acceptors (Lipinski definition) is 3. The van der Waals surface area contributed by atoms with Gasteiger partial charge in [-0.1, -0.05) is 30.3 Å². The van der Waals surface area contributed by atoms with E-state index in [9.17, 15) is 9.59 Å². The van der Waals surface area contributed by atoms with Gasteiger partial charge in [-0.15, -0.1) is 0 Å². The molecule has 6 nitrogen and oxygen atoms in total. The van der Waals surface area contributed by atoms with Gasteiger partial charge in [0.25, 0.3) is 0 Å². The van der Waals surface area contributed by atoms with E-state index in [2.05, 4.69) is 30.9 Å². The molecule has 1 spiro atoms. The van der Waals surface area contributed by atoms with E-state index in [-0.39, 0.29) is 23.0 Å². The van der Waals surface area contributed by atoms with Crippen LogP contribution in [0.4, 0.5) is 4.79 Å². The van der Waals surface area contributed by atoms with Crippen molar-refractivity contribution >= 4 is 11.9 Å². The predicted octanol–water partition coefficient (Wildman–Crippen LogP) is 3.59. The highest BCUT2D eigenvalue weighted by Gasteiger charge is 2.64. The molecule has 2 aliphatic carbocycles. The number of carbonyl (C=O) groups excluding carboxylic acids is 2. The zero-order valence-corrected chi connectivity index (χ0v) is 19.5. The third-order valence-electron chi connectivity index (χ3n) is 8.47. The summed E-state index contributed by atoms with van der Waals surface area (Å²) >= 11 is 0. The van der Waals surface area contributed by atoms with Gasteiger partial charge in [-0.3, -0.25) is 4.79 Å². The van der Waals surface area contributed by atoms with Crippen molar-refractivity contribution in [3.05, 3.63) is 35.9 Å². The lowest BCUT2D eigenvalue weighted by molar-refractivity contribution is -0.127. The minimum atomic E-state index is -0.778. The molecule has 1 aliphatic heterocycles. The predicted molar refractivity (Wildman–Crippen MR) is 122 cm³/mol. The second-order valence-corrected chi connectivity index (χ2v) is 11.3. The summed E-state index contributed by atoms with van der Waals surface area (Å²) in [6, 6.07) is 10.4. The Balaban J connectivity index is 1.66. The highest BCUT2D eigenvalue weighted by Crippen LogP contribution is 2.54.